The molecule has 4 aromatic rings. The number of aromatic nitrogens is 3. The van der Waals surface area contributed by atoms with Crippen LogP contribution in [0.15, 0.2) is 60.9 Å². The Labute approximate surface area is 210 Å². The molecule has 0 unspecified atom stereocenters. The summed E-state index contributed by atoms with van der Waals surface area (Å²) in [6.07, 6.45) is 5.21. The normalized spacial score (nSPS) is 14.5. The van der Waals surface area contributed by atoms with Crippen LogP contribution in [0.25, 0.3) is 22.2 Å². The van der Waals surface area contributed by atoms with Gasteiger partial charge in [-0.25, -0.2) is 18.4 Å². The topological polar surface area (TPSA) is 110 Å². The molecule has 1 aliphatic carbocycles. The van der Waals surface area contributed by atoms with Crippen molar-refractivity contribution in [3.8, 4) is 29.1 Å². The van der Waals surface area contributed by atoms with E-state index in [2.05, 4.69) is 39.2 Å². The van der Waals surface area contributed by atoms with E-state index in [4.69, 9.17) is 4.74 Å². The largest absolute Gasteiger partial charge is 0.424 e. The number of anilines is 1. The Bertz CT molecular complexity index is 1570. The maximum Gasteiger partial charge on any atom is 0.321 e. The maximum atomic E-state index is 12.8. The van der Waals surface area contributed by atoms with E-state index in [-0.39, 0.29) is 12.1 Å². The van der Waals surface area contributed by atoms with Gasteiger partial charge < -0.3 is 9.30 Å². The van der Waals surface area contributed by atoms with Crippen molar-refractivity contribution in [2.24, 2.45) is 0 Å². The Hall–Kier alpha value is -3.90. The SMILES string of the molecule is CCC1(S(=O)(=O)Nc2ccc(-c3c(C#N)c4ccc(Oc5ncccn5)cc4n3C(C)C)cc2)CC1. The summed E-state index contributed by atoms with van der Waals surface area (Å²) >= 11 is 0. The summed E-state index contributed by atoms with van der Waals surface area (Å²) in [5.74, 6) is 0.568. The van der Waals surface area contributed by atoms with Gasteiger partial charge in [0, 0.05) is 35.6 Å². The van der Waals surface area contributed by atoms with E-state index in [1.54, 1.807) is 36.7 Å². The molecular formula is C27H27N5O3S. The molecule has 36 heavy (non-hydrogen) atoms. The molecule has 9 heteroatoms. The zero-order valence-electron chi connectivity index (χ0n) is 20.4. The monoisotopic (exact) mass is 501 g/mol. The number of hydrogen-bond acceptors (Lipinski definition) is 6. The van der Waals surface area contributed by atoms with Crippen molar-refractivity contribution in [1.29, 1.82) is 5.26 Å². The first kappa shape index (κ1) is 23.8. The average Bonchev–Trinajstić information content (AvgIpc) is 3.61. The molecule has 5 rings (SSSR count). The number of nitriles is 1. The van der Waals surface area contributed by atoms with Crippen molar-refractivity contribution in [3.05, 3.63) is 66.5 Å². The van der Waals surface area contributed by atoms with E-state index in [0.29, 0.717) is 36.3 Å². The lowest BCUT2D eigenvalue weighted by Gasteiger charge is -2.17. The lowest BCUT2D eigenvalue weighted by Crippen LogP contribution is -2.28. The maximum absolute atomic E-state index is 12.8. The van der Waals surface area contributed by atoms with Gasteiger partial charge in [-0.3, -0.25) is 4.72 Å². The summed E-state index contributed by atoms with van der Waals surface area (Å²) in [7, 11) is -3.45. The third-order valence-corrected chi connectivity index (χ3v) is 9.13. The highest BCUT2D eigenvalue weighted by molar-refractivity contribution is 7.94. The van der Waals surface area contributed by atoms with Gasteiger partial charge >= 0.3 is 6.01 Å². The first-order valence-corrected chi connectivity index (χ1v) is 13.4. The zero-order chi connectivity index (χ0) is 25.5. The average molecular weight is 502 g/mol. The van der Waals surface area contributed by atoms with Gasteiger partial charge in [0.25, 0.3) is 0 Å². The van der Waals surface area contributed by atoms with E-state index in [1.807, 2.05) is 31.2 Å². The first-order valence-electron chi connectivity index (χ1n) is 11.9. The highest BCUT2D eigenvalue weighted by atomic mass is 32.2. The number of rotatable bonds is 8. The molecule has 0 bridgehead atoms. The van der Waals surface area contributed by atoms with Crippen LogP contribution in [0, 0.1) is 11.3 Å². The van der Waals surface area contributed by atoms with E-state index >= 15 is 0 Å². The molecule has 0 radical (unpaired) electrons. The third kappa shape index (κ3) is 4.07. The van der Waals surface area contributed by atoms with Crippen molar-refractivity contribution in [3.63, 3.8) is 0 Å². The van der Waals surface area contributed by atoms with Crippen LogP contribution in [-0.4, -0.2) is 27.7 Å². The first-order chi connectivity index (χ1) is 17.3. The van der Waals surface area contributed by atoms with Gasteiger partial charge in [0.05, 0.1) is 21.5 Å². The fourth-order valence-corrected chi connectivity index (χ4v) is 6.32. The molecule has 2 aromatic carbocycles. The van der Waals surface area contributed by atoms with Crippen LogP contribution in [-0.2, 0) is 10.0 Å². The second-order valence-corrected chi connectivity index (χ2v) is 11.4. The van der Waals surface area contributed by atoms with Crippen molar-refractivity contribution in [2.75, 3.05) is 4.72 Å². The number of sulfonamides is 1. The highest BCUT2D eigenvalue weighted by Crippen LogP contribution is 2.47. The van der Waals surface area contributed by atoms with Gasteiger partial charge in [0.2, 0.25) is 10.0 Å². The van der Waals surface area contributed by atoms with Crippen LogP contribution < -0.4 is 9.46 Å². The summed E-state index contributed by atoms with van der Waals surface area (Å²) < 4.78 is 35.7. The van der Waals surface area contributed by atoms with Gasteiger partial charge in [-0.15, -0.1) is 0 Å². The molecule has 1 fully saturated rings. The molecule has 0 saturated heterocycles. The fraction of sp³-hybridized carbons (Fsp3) is 0.296. The zero-order valence-corrected chi connectivity index (χ0v) is 21.2. The van der Waals surface area contributed by atoms with Crippen molar-refractivity contribution < 1.29 is 13.2 Å². The van der Waals surface area contributed by atoms with Gasteiger partial charge in [-0.05, 0) is 69.0 Å². The number of hydrogen-bond donors (Lipinski definition) is 1. The fourth-order valence-electron chi connectivity index (χ4n) is 4.64. The van der Waals surface area contributed by atoms with E-state index in [9.17, 15) is 13.7 Å². The van der Waals surface area contributed by atoms with Crippen molar-refractivity contribution >= 4 is 26.6 Å². The summed E-state index contributed by atoms with van der Waals surface area (Å²) in [4.78, 5) is 8.23. The number of fused-ring (bicyclic) bond motifs is 1. The van der Waals surface area contributed by atoms with Crippen LogP contribution >= 0.6 is 0 Å². The van der Waals surface area contributed by atoms with Crippen LogP contribution in [0.1, 0.15) is 51.6 Å². The van der Waals surface area contributed by atoms with Crippen LogP contribution in [0.5, 0.6) is 11.8 Å². The molecule has 1 aliphatic rings. The van der Waals surface area contributed by atoms with Crippen LogP contribution in [0.4, 0.5) is 5.69 Å². The molecular weight excluding hydrogens is 474 g/mol. The molecule has 0 atom stereocenters. The molecule has 8 nitrogen and oxygen atoms in total. The van der Waals surface area contributed by atoms with Gasteiger partial charge in [-0.1, -0.05) is 19.1 Å². The molecule has 1 N–H and O–H groups in total. The lowest BCUT2D eigenvalue weighted by atomic mass is 10.1. The van der Waals surface area contributed by atoms with E-state index < -0.39 is 14.8 Å². The van der Waals surface area contributed by atoms with Crippen LogP contribution in [0.2, 0.25) is 0 Å². The minimum absolute atomic E-state index is 0.0466. The smallest absolute Gasteiger partial charge is 0.321 e. The van der Waals surface area contributed by atoms with Gasteiger partial charge in [-0.2, -0.15) is 5.26 Å². The Kier molecular flexibility index (Phi) is 5.92. The van der Waals surface area contributed by atoms with Gasteiger partial charge in [0.1, 0.15) is 11.8 Å². The van der Waals surface area contributed by atoms with E-state index in [0.717, 1.165) is 22.2 Å². The predicted molar refractivity (Wildman–Crippen MR) is 139 cm³/mol. The summed E-state index contributed by atoms with van der Waals surface area (Å²) in [5, 5.41) is 10.9. The second kappa shape index (κ2) is 8.95. The minimum Gasteiger partial charge on any atom is -0.424 e. The molecule has 0 spiro atoms. The number of ether oxygens (including phenoxy) is 1. The molecule has 0 aliphatic heterocycles. The Morgan fingerprint density at radius 1 is 1.14 bits per heavy atom. The number of nitrogens with zero attached hydrogens (tertiary/aromatic N) is 4. The Morgan fingerprint density at radius 2 is 1.83 bits per heavy atom. The van der Waals surface area contributed by atoms with E-state index in [1.165, 1.54) is 0 Å². The minimum atomic E-state index is -3.45. The molecule has 184 valence electrons. The highest BCUT2D eigenvalue weighted by Gasteiger charge is 2.53. The second-order valence-electron chi connectivity index (χ2n) is 9.33. The quantitative estimate of drug-likeness (QED) is 0.316. The molecule has 2 heterocycles. The lowest BCUT2D eigenvalue weighted by molar-refractivity contribution is 0.442. The van der Waals surface area contributed by atoms with Gasteiger partial charge in [0.15, 0.2) is 0 Å². The predicted octanol–water partition coefficient (Wildman–Crippen LogP) is 6.03. The summed E-state index contributed by atoms with van der Waals surface area (Å²) in [5.41, 5.74) is 3.52. The number of nitrogens with one attached hydrogen (secondary N) is 1. The van der Waals surface area contributed by atoms with Crippen LogP contribution in [0.3, 0.4) is 0 Å². The summed E-state index contributed by atoms with van der Waals surface area (Å²) in [6.45, 7) is 6.02. The number of benzene rings is 2. The molecule has 0 amide bonds. The molecule has 2 aromatic heterocycles. The Balaban J connectivity index is 1.55. The third-order valence-electron chi connectivity index (χ3n) is 6.79. The Morgan fingerprint density at radius 3 is 2.42 bits per heavy atom. The van der Waals surface area contributed by atoms with Crippen molar-refractivity contribution in [2.45, 2.75) is 50.8 Å². The summed E-state index contributed by atoms with van der Waals surface area (Å²) in [6, 6.07) is 17.2. The van der Waals surface area contributed by atoms with Crippen molar-refractivity contribution in [1.82, 2.24) is 14.5 Å². The molecule has 1 saturated carbocycles. The standard InChI is InChI=1S/C27H27N5O3S/c1-4-27(12-13-27)36(33,34)31-20-8-6-19(7-9-20)25-23(17-28)22-11-10-21(16-24(22)32(25)18(2)3)35-26-29-14-5-15-30-26/h5-11,14-16,18,31H,4,12-13H2,1-3H3.